The van der Waals surface area contributed by atoms with Gasteiger partial charge in [0.15, 0.2) is 0 Å². The number of hydrogen-bond acceptors (Lipinski definition) is 5. The van der Waals surface area contributed by atoms with Crippen molar-refractivity contribution >= 4 is 46.3 Å². The van der Waals surface area contributed by atoms with E-state index in [1.54, 1.807) is 15.8 Å². The van der Waals surface area contributed by atoms with Crippen molar-refractivity contribution in [2.45, 2.75) is 45.3 Å². The second-order valence-corrected chi connectivity index (χ2v) is 13.3. The number of aromatic nitrogens is 2. The summed E-state index contributed by atoms with van der Waals surface area (Å²) in [5, 5.41) is 11.0. The maximum absolute atomic E-state index is 13.9. The van der Waals surface area contributed by atoms with Crippen LogP contribution in [0, 0.1) is 6.92 Å². The summed E-state index contributed by atoms with van der Waals surface area (Å²) in [6, 6.07) is 13.4. The van der Waals surface area contributed by atoms with Gasteiger partial charge in [-0.2, -0.15) is 5.10 Å². The number of nitrogens with one attached hydrogen (secondary N) is 2. The van der Waals surface area contributed by atoms with Crippen LogP contribution in [0.5, 0.6) is 0 Å². The number of likely N-dealkylation sites (tertiary alicyclic amines) is 1. The highest BCUT2D eigenvalue weighted by atomic mass is 127. The van der Waals surface area contributed by atoms with Crippen LogP contribution in [0.4, 0.5) is 22.0 Å². The quantitative estimate of drug-likeness (QED) is 0.239. The lowest BCUT2D eigenvalue weighted by Gasteiger charge is -2.32. The summed E-state index contributed by atoms with van der Waals surface area (Å²) >= 11 is 5.97. The molecule has 6 rings (SSSR count). The van der Waals surface area contributed by atoms with E-state index in [9.17, 15) is 9.59 Å². The number of amides is 3. The van der Waals surface area contributed by atoms with Gasteiger partial charge in [-0.05, 0) is 55.2 Å². The number of urea groups is 1. The first-order valence-electron chi connectivity index (χ1n) is 15.5. The zero-order valence-electron chi connectivity index (χ0n) is 26.6. The number of hydrogen-bond donors (Lipinski definition) is 2. The molecule has 10 nitrogen and oxygen atoms in total. The lowest BCUT2D eigenvalue weighted by molar-refractivity contribution is -0.888. The highest BCUT2D eigenvalue weighted by Gasteiger charge is 2.35. The number of para-hydroxylation sites is 2. The van der Waals surface area contributed by atoms with Crippen molar-refractivity contribution in [3.05, 3.63) is 70.9 Å². The molecule has 2 fully saturated rings. The fraction of sp³-hybridized carbons (Fsp3) is 0.455. The van der Waals surface area contributed by atoms with Crippen molar-refractivity contribution in [3.8, 4) is 0 Å². The summed E-state index contributed by atoms with van der Waals surface area (Å²) in [7, 11) is 6.43. The molecular weight excluding hydrogens is 699 g/mol. The molecule has 3 aliphatic rings. The standard InChI is InChI=1S/C33H42N8O2S.HI/c1-23-19-24(31(42)40-22-26-21-35-37(2)30(26)36-27-9-5-6-10-28(27)40)12-13-25(23)20-34-33(43)39-15-7-11-29(39)32(44)38-14-8-17-41(3,4)18-16-38;/h5-6,9-10,12-13,19,21,29H,7-8,11,14-18,20,22H2,1-4H3,(H-,34,35,36,43);1H. The number of quaternary nitrogens is 1. The van der Waals surface area contributed by atoms with Crippen molar-refractivity contribution in [2.75, 3.05) is 57.0 Å². The fourth-order valence-electron chi connectivity index (χ4n) is 6.60. The molecule has 0 saturated carbocycles. The average Bonchev–Trinajstić information content (AvgIpc) is 3.53. The van der Waals surface area contributed by atoms with Gasteiger partial charge in [0.05, 0.1) is 63.9 Å². The molecule has 4 heterocycles. The van der Waals surface area contributed by atoms with Crippen molar-refractivity contribution in [2.24, 2.45) is 7.05 Å². The molecule has 1 aromatic heterocycles. The Labute approximate surface area is 288 Å². The molecule has 2 aromatic carbocycles. The predicted octanol–water partition coefficient (Wildman–Crippen LogP) is 1.42. The minimum atomic E-state index is -0.0845. The molecule has 240 valence electrons. The Balaban J connectivity index is 0.00000400. The number of thiocarbonyl (C=S) groups is 1. The van der Waals surface area contributed by atoms with E-state index in [1.165, 1.54) is 0 Å². The largest absolute Gasteiger partial charge is 1.00 e. The molecule has 3 amide bonds. The number of anilines is 3. The molecule has 0 radical (unpaired) electrons. The zero-order valence-corrected chi connectivity index (χ0v) is 29.5. The number of rotatable bonds is 4. The third-order valence-corrected chi connectivity index (χ3v) is 9.86. The van der Waals surface area contributed by atoms with Crippen LogP contribution in [-0.2, 0) is 20.1 Å². The molecule has 3 aliphatic heterocycles. The Bertz CT molecular complexity index is 1590. The number of benzene rings is 2. The number of fused-ring (bicyclic) bond motifs is 2. The van der Waals surface area contributed by atoms with Gasteiger partial charge in [-0.1, -0.05) is 30.4 Å². The minimum Gasteiger partial charge on any atom is -1.00 e. The van der Waals surface area contributed by atoms with Crippen LogP contribution in [0.2, 0.25) is 0 Å². The van der Waals surface area contributed by atoms with E-state index < -0.39 is 0 Å². The first-order valence-corrected chi connectivity index (χ1v) is 16.0. The monoisotopic (exact) mass is 742 g/mol. The van der Waals surface area contributed by atoms with Gasteiger partial charge in [-0.15, -0.1) is 0 Å². The second kappa shape index (κ2) is 13.6. The summed E-state index contributed by atoms with van der Waals surface area (Å²) in [5.41, 5.74) is 5.17. The summed E-state index contributed by atoms with van der Waals surface area (Å²) in [5.74, 6) is 0.796. The van der Waals surface area contributed by atoms with Crippen LogP contribution in [0.1, 0.15) is 46.3 Å². The van der Waals surface area contributed by atoms with E-state index in [1.807, 2.05) is 61.3 Å². The molecule has 1 atom stereocenters. The molecule has 2 saturated heterocycles. The smallest absolute Gasteiger partial charge is 0.318 e. The number of nitrogens with zero attached hydrogens (tertiary/aromatic N) is 6. The first kappa shape index (κ1) is 33.1. The Morgan fingerprint density at radius 3 is 2.69 bits per heavy atom. The van der Waals surface area contributed by atoms with Crippen LogP contribution in [0.3, 0.4) is 0 Å². The van der Waals surface area contributed by atoms with Gasteiger partial charge in [0.2, 0.25) is 0 Å². The molecule has 0 bridgehead atoms. The van der Waals surface area contributed by atoms with Crippen LogP contribution in [0.25, 0.3) is 0 Å². The molecule has 3 aromatic rings. The molecule has 0 spiro atoms. The SMILES string of the molecule is Cc1cc(C(=O)N2Cc3cnn(C)c3Nc3ccccc32)ccc1CNC(=O)N1CCCC1C(=S)N1CCC[N+](C)(C)CC1.[I-]. The normalized spacial score (nSPS) is 18.9. The summed E-state index contributed by atoms with van der Waals surface area (Å²) in [6.45, 7) is 7.60. The van der Waals surface area contributed by atoms with Crippen LogP contribution < -0.4 is 39.5 Å². The summed E-state index contributed by atoms with van der Waals surface area (Å²) in [6.07, 6.45) is 4.78. The first-order chi connectivity index (χ1) is 21.1. The second-order valence-electron chi connectivity index (χ2n) is 12.9. The lowest BCUT2D eigenvalue weighted by atomic mass is 10.0. The number of carbonyl (C=O) groups is 2. The lowest BCUT2D eigenvalue weighted by Crippen LogP contribution is -3.00. The van der Waals surface area contributed by atoms with E-state index in [0.29, 0.717) is 25.2 Å². The highest BCUT2D eigenvalue weighted by Crippen LogP contribution is 2.36. The summed E-state index contributed by atoms with van der Waals surface area (Å²) in [4.78, 5) is 34.2. The molecule has 0 aliphatic carbocycles. The summed E-state index contributed by atoms with van der Waals surface area (Å²) < 4.78 is 2.80. The highest BCUT2D eigenvalue weighted by molar-refractivity contribution is 7.80. The van der Waals surface area contributed by atoms with Crippen molar-refractivity contribution in [1.29, 1.82) is 0 Å². The minimum absolute atomic E-state index is 0. The van der Waals surface area contributed by atoms with E-state index in [2.05, 4.69) is 34.7 Å². The predicted molar refractivity (Wildman–Crippen MR) is 177 cm³/mol. The molecule has 1 unspecified atom stereocenters. The van der Waals surface area contributed by atoms with Crippen molar-refractivity contribution in [3.63, 3.8) is 0 Å². The Morgan fingerprint density at radius 1 is 1.09 bits per heavy atom. The van der Waals surface area contributed by atoms with Gasteiger partial charge >= 0.3 is 6.03 Å². The average molecular weight is 743 g/mol. The van der Waals surface area contributed by atoms with Gasteiger partial charge in [0.25, 0.3) is 5.91 Å². The number of carbonyl (C=O) groups excluding carboxylic acids is 2. The third-order valence-electron chi connectivity index (χ3n) is 9.33. The zero-order chi connectivity index (χ0) is 31.0. The Kier molecular flexibility index (Phi) is 10.0. The van der Waals surface area contributed by atoms with E-state index >= 15 is 0 Å². The Morgan fingerprint density at radius 2 is 1.89 bits per heavy atom. The topological polar surface area (TPSA) is 85.7 Å². The van der Waals surface area contributed by atoms with Gasteiger partial charge < -0.3 is 53.8 Å². The van der Waals surface area contributed by atoms with Crippen LogP contribution in [-0.4, -0.2) is 93.9 Å². The van der Waals surface area contributed by atoms with Gasteiger partial charge in [-0.3, -0.25) is 9.48 Å². The van der Waals surface area contributed by atoms with Crippen LogP contribution >= 0.6 is 12.2 Å². The maximum Gasteiger partial charge on any atom is 0.318 e. The fourth-order valence-corrected chi connectivity index (χ4v) is 7.02. The van der Waals surface area contributed by atoms with Gasteiger partial charge in [-0.25, -0.2) is 4.79 Å². The van der Waals surface area contributed by atoms with Crippen molar-refractivity contribution < 1.29 is 38.0 Å². The van der Waals surface area contributed by atoms with E-state index in [4.69, 9.17) is 12.2 Å². The third kappa shape index (κ3) is 6.97. The number of aryl methyl sites for hydroxylation is 2. The number of halogens is 1. The van der Waals surface area contributed by atoms with Crippen LogP contribution in [0.15, 0.2) is 48.7 Å². The molecular formula is C33H43IN8O2S. The van der Waals surface area contributed by atoms with Gasteiger partial charge in [0, 0.05) is 44.2 Å². The number of likely N-dealkylation sites (N-methyl/N-ethyl adjacent to an activating group) is 1. The molecule has 12 heteroatoms. The molecule has 45 heavy (non-hydrogen) atoms. The maximum atomic E-state index is 13.9. The van der Waals surface area contributed by atoms with Crippen molar-refractivity contribution in [1.82, 2.24) is 24.9 Å². The molecule has 2 N–H and O–H groups in total. The van der Waals surface area contributed by atoms with Gasteiger partial charge in [0.1, 0.15) is 10.8 Å². The van der Waals surface area contributed by atoms with E-state index in [0.717, 1.165) is 88.8 Å². The van der Waals surface area contributed by atoms with E-state index in [-0.39, 0.29) is 42.0 Å². The Hall–Kier alpha value is -3.23.